The summed E-state index contributed by atoms with van der Waals surface area (Å²) in [6.45, 7) is 10.8. The highest BCUT2D eigenvalue weighted by Crippen LogP contribution is 2.39. The lowest BCUT2D eigenvalue weighted by Crippen LogP contribution is -2.37. The van der Waals surface area contributed by atoms with Crippen LogP contribution >= 0.6 is 0 Å². The fourth-order valence-corrected chi connectivity index (χ4v) is 4.14. The van der Waals surface area contributed by atoms with Crippen molar-refractivity contribution in [3.05, 3.63) is 71.4 Å². The third kappa shape index (κ3) is 3.15. The molecule has 0 bridgehead atoms. The molecule has 28 heavy (non-hydrogen) atoms. The number of anilines is 1. The minimum atomic E-state index is 0.879. The van der Waals surface area contributed by atoms with Gasteiger partial charge in [0.1, 0.15) is 6.54 Å². The molecule has 2 heterocycles. The lowest BCUT2D eigenvalue weighted by molar-refractivity contribution is -0.704. The second-order valence-electron chi connectivity index (χ2n) is 7.47. The molecule has 1 aromatic rings. The van der Waals surface area contributed by atoms with Gasteiger partial charge in [-0.05, 0) is 36.8 Å². The molecule has 3 nitrogen and oxygen atoms in total. The molecular weight excluding hydrogens is 344 g/mol. The van der Waals surface area contributed by atoms with Gasteiger partial charge in [-0.25, -0.2) is 0 Å². The van der Waals surface area contributed by atoms with Crippen LogP contribution in [0, 0.1) is 13.8 Å². The maximum absolute atomic E-state index is 6.12. The molecular formula is C25H29N2O+. The summed E-state index contributed by atoms with van der Waals surface area (Å²) in [4.78, 5) is 2.22. The Morgan fingerprint density at radius 2 is 1.61 bits per heavy atom. The van der Waals surface area contributed by atoms with Crippen LogP contribution in [-0.2, 0) is 6.54 Å². The van der Waals surface area contributed by atoms with Gasteiger partial charge in [0.15, 0.2) is 17.1 Å². The molecule has 4 rings (SSSR count). The number of benzene rings is 1. The van der Waals surface area contributed by atoms with Gasteiger partial charge in [-0.1, -0.05) is 37.6 Å². The van der Waals surface area contributed by atoms with Crippen LogP contribution in [0.1, 0.15) is 43.6 Å². The number of unbranched alkanes of at least 4 members (excludes halogenated alkanes) is 1. The lowest BCUT2D eigenvalue weighted by atomic mass is 10.1. The molecule has 0 fully saturated rings. The van der Waals surface area contributed by atoms with Crippen LogP contribution in [0.4, 0.5) is 5.69 Å². The van der Waals surface area contributed by atoms with E-state index in [0.29, 0.717) is 0 Å². The molecule has 1 aliphatic carbocycles. The van der Waals surface area contributed by atoms with Crippen molar-refractivity contribution in [2.75, 3.05) is 11.4 Å². The average Bonchev–Trinajstić information content (AvgIpc) is 3.05. The standard InChI is InChI=1S/C25H29N2O/c1-5-7-16-27-18(3)21-14-12-20(13-15-22(21)19(27)4)17-25-26(6-2)23-10-8-9-11-24(23)28-25/h8-15,17H,5-7,16H2,1-4H3/q+1. The normalized spacial score (nSPS) is 14.6. The van der Waals surface area contributed by atoms with Crippen molar-refractivity contribution in [3.8, 4) is 16.9 Å². The summed E-state index contributed by atoms with van der Waals surface area (Å²) in [6, 6.07) is 17.1. The summed E-state index contributed by atoms with van der Waals surface area (Å²) in [5.41, 5.74) is 7.67. The molecule has 3 heteroatoms. The topological polar surface area (TPSA) is 16.4 Å². The molecule has 0 saturated carbocycles. The van der Waals surface area contributed by atoms with Gasteiger partial charge in [0.25, 0.3) is 0 Å². The number of fused-ring (bicyclic) bond motifs is 2. The van der Waals surface area contributed by atoms with Crippen LogP contribution in [0.5, 0.6) is 5.75 Å². The molecule has 0 unspecified atom stereocenters. The zero-order valence-electron chi connectivity index (χ0n) is 17.3. The summed E-state index contributed by atoms with van der Waals surface area (Å²) < 4.78 is 8.58. The van der Waals surface area contributed by atoms with Crippen molar-refractivity contribution >= 4 is 11.8 Å². The quantitative estimate of drug-likeness (QED) is 0.532. The molecule has 0 atom stereocenters. The predicted octanol–water partition coefficient (Wildman–Crippen LogP) is 5.71. The van der Waals surface area contributed by atoms with Crippen LogP contribution in [0.2, 0.25) is 0 Å². The van der Waals surface area contributed by atoms with Gasteiger partial charge in [0.05, 0.1) is 16.8 Å². The Morgan fingerprint density at radius 3 is 2.25 bits per heavy atom. The van der Waals surface area contributed by atoms with Crippen LogP contribution < -0.4 is 14.2 Å². The summed E-state index contributed by atoms with van der Waals surface area (Å²) in [5.74, 6) is 1.82. The predicted molar refractivity (Wildman–Crippen MR) is 116 cm³/mol. The Hall–Kier alpha value is -2.81. The first kappa shape index (κ1) is 18.5. The zero-order chi connectivity index (χ0) is 19.7. The molecule has 3 aliphatic rings. The van der Waals surface area contributed by atoms with Crippen LogP contribution in [0.25, 0.3) is 17.2 Å². The van der Waals surface area contributed by atoms with Crippen molar-refractivity contribution in [3.63, 3.8) is 0 Å². The van der Waals surface area contributed by atoms with E-state index in [1.54, 1.807) is 0 Å². The Bertz CT molecular complexity index is 966. The molecule has 0 saturated heterocycles. The maximum Gasteiger partial charge on any atom is 0.201 e. The molecule has 1 aromatic carbocycles. The smallest absolute Gasteiger partial charge is 0.201 e. The van der Waals surface area contributed by atoms with Crippen molar-refractivity contribution < 1.29 is 9.30 Å². The number of hydrogen-bond acceptors (Lipinski definition) is 2. The van der Waals surface area contributed by atoms with Gasteiger partial charge in [0.2, 0.25) is 5.88 Å². The first-order valence-electron chi connectivity index (χ1n) is 10.3. The maximum atomic E-state index is 6.12. The highest BCUT2D eigenvalue weighted by Gasteiger charge is 2.26. The van der Waals surface area contributed by atoms with Crippen molar-refractivity contribution in [2.24, 2.45) is 0 Å². The number of nitrogens with zero attached hydrogens (tertiary/aromatic N) is 2. The second-order valence-corrected chi connectivity index (χ2v) is 7.47. The number of rotatable bonds is 5. The van der Waals surface area contributed by atoms with Gasteiger partial charge < -0.3 is 9.64 Å². The summed E-state index contributed by atoms with van der Waals surface area (Å²) in [6.07, 6.45) is 4.57. The van der Waals surface area contributed by atoms with Gasteiger partial charge in [-0.3, -0.25) is 0 Å². The first-order chi connectivity index (χ1) is 13.6. The second kappa shape index (κ2) is 7.67. The van der Waals surface area contributed by atoms with E-state index >= 15 is 0 Å². The van der Waals surface area contributed by atoms with Crippen LogP contribution in [0.15, 0.2) is 54.4 Å². The fraction of sp³-hybridized carbons (Fsp3) is 0.320. The zero-order valence-corrected chi connectivity index (χ0v) is 17.3. The highest BCUT2D eigenvalue weighted by atomic mass is 16.5. The van der Waals surface area contributed by atoms with Crippen LogP contribution in [0.3, 0.4) is 0 Å². The van der Waals surface area contributed by atoms with E-state index < -0.39 is 0 Å². The molecule has 0 N–H and O–H groups in total. The van der Waals surface area contributed by atoms with E-state index in [2.05, 4.69) is 79.6 Å². The number of ether oxygens (including phenoxy) is 1. The minimum absolute atomic E-state index is 0.879. The molecule has 0 amide bonds. The molecule has 144 valence electrons. The van der Waals surface area contributed by atoms with E-state index in [0.717, 1.165) is 36.0 Å². The molecule has 0 radical (unpaired) electrons. The summed E-state index contributed by atoms with van der Waals surface area (Å²) in [7, 11) is 0. The third-order valence-electron chi connectivity index (χ3n) is 5.74. The summed E-state index contributed by atoms with van der Waals surface area (Å²) >= 11 is 0. The summed E-state index contributed by atoms with van der Waals surface area (Å²) in [5, 5.41) is 0. The highest BCUT2D eigenvalue weighted by molar-refractivity contribution is 5.73. The van der Waals surface area contributed by atoms with E-state index in [1.807, 2.05) is 12.1 Å². The molecule has 0 aromatic heterocycles. The number of hydrogen-bond donors (Lipinski definition) is 0. The lowest BCUT2D eigenvalue weighted by Gasteiger charge is -2.15. The third-order valence-corrected chi connectivity index (χ3v) is 5.74. The van der Waals surface area contributed by atoms with Gasteiger partial charge >= 0.3 is 0 Å². The van der Waals surface area contributed by atoms with Gasteiger partial charge in [-0.15, -0.1) is 0 Å². The fourth-order valence-electron chi connectivity index (χ4n) is 4.14. The number of aromatic nitrogens is 1. The SMILES string of the molecule is CCCC[n+]1c(C)c2ccc(/C=C3/Oc4ccccc4N3CC)ccc-2c1C. The van der Waals surface area contributed by atoms with Crippen molar-refractivity contribution in [1.82, 2.24) is 0 Å². The minimum Gasteiger partial charge on any atom is -0.439 e. The van der Waals surface area contributed by atoms with E-state index in [-0.39, 0.29) is 0 Å². The first-order valence-corrected chi connectivity index (χ1v) is 10.3. The Balaban J connectivity index is 1.71. The number of para-hydroxylation sites is 2. The van der Waals surface area contributed by atoms with E-state index in [9.17, 15) is 0 Å². The largest absolute Gasteiger partial charge is 0.439 e. The van der Waals surface area contributed by atoms with E-state index in [4.69, 9.17) is 4.74 Å². The Labute approximate surface area is 168 Å². The monoisotopic (exact) mass is 373 g/mol. The average molecular weight is 374 g/mol. The molecule has 2 aliphatic heterocycles. The van der Waals surface area contributed by atoms with Gasteiger partial charge in [0, 0.05) is 32.9 Å². The van der Waals surface area contributed by atoms with Crippen molar-refractivity contribution in [1.29, 1.82) is 0 Å². The Kier molecular flexibility index (Phi) is 5.08. The van der Waals surface area contributed by atoms with Crippen molar-refractivity contribution in [2.45, 2.75) is 47.1 Å². The van der Waals surface area contributed by atoms with Gasteiger partial charge in [-0.2, -0.15) is 4.57 Å². The van der Waals surface area contributed by atoms with Crippen LogP contribution in [-0.4, -0.2) is 6.54 Å². The van der Waals surface area contributed by atoms with E-state index in [1.165, 1.54) is 35.4 Å². The molecule has 0 spiro atoms. The Morgan fingerprint density at radius 1 is 0.929 bits per heavy atom.